The van der Waals surface area contributed by atoms with Gasteiger partial charge in [0.25, 0.3) is 0 Å². The van der Waals surface area contributed by atoms with Gasteiger partial charge in [-0.15, -0.1) is 0 Å². The molecule has 0 amide bonds. The van der Waals surface area contributed by atoms with E-state index < -0.39 is 17.9 Å². The van der Waals surface area contributed by atoms with Crippen molar-refractivity contribution in [1.29, 1.82) is 0 Å². The van der Waals surface area contributed by atoms with E-state index in [0.717, 1.165) is 0 Å². The lowest BCUT2D eigenvalue weighted by molar-refractivity contribution is 0.0588. The first-order valence-electron chi connectivity index (χ1n) is 5.37. The zero-order chi connectivity index (χ0) is 14.2. The third-order valence-electron chi connectivity index (χ3n) is 2.64. The summed E-state index contributed by atoms with van der Waals surface area (Å²) in [6.07, 6.45) is -0.353. The van der Waals surface area contributed by atoms with E-state index in [1.54, 1.807) is 6.92 Å². The Balaban J connectivity index is 2.50. The van der Waals surface area contributed by atoms with Gasteiger partial charge in [0, 0.05) is 6.42 Å². The van der Waals surface area contributed by atoms with E-state index in [2.05, 4.69) is 14.9 Å². The molecule has 1 aliphatic heterocycles. The molecule has 0 aliphatic carbocycles. The van der Waals surface area contributed by atoms with Gasteiger partial charge in [0.15, 0.2) is 17.6 Å². The molecule has 2 rings (SSSR count). The van der Waals surface area contributed by atoms with Crippen LogP contribution in [0.1, 0.15) is 35.6 Å². The molecular formula is C11H11ClFN3O3. The molecule has 0 aromatic carbocycles. The molecule has 1 aliphatic rings. The third-order valence-corrected chi connectivity index (χ3v) is 3.02. The first-order valence-corrected chi connectivity index (χ1v) is 5.75. The van der Waals surface area contributed by atoms with Gasteiger partial charge >= 0.3 is 5.97 Å². The zero-order valence-electron chi connectivity index (χ0n) is 10.2. The van der Waals surface area contributed by atoms with Crippen molar-refractivity contribution in [2.45, 2.75) is 19.4 Å². The normalized spacial score (nSPS) is 17.9. The number of carbonyl (C=O) groups is 1. The number of carbonyl (C=O) groups excluding carboxylic acids is 1. The monoisotopic (exact) mass is 287 g/mol. The number of rotatable bonds is 2. The highest BCUT2D eigenvalue weighted by atomic mass is 35.5. The maximum Gasteiger partial charge on any atom is 0.358 e. The van der Waals surface area contributed by atoms with Gasteiger partial charge in [0.1, 0.15) is 5.69 Å². The van der Waals surface area contributed by atoms with Crippen LogP contribution in [0.5, 0.6) is 0 Å². The largest absolute Gasteiger partial charge is 0.464 e. The minimum absolute atomic E-state index is 0.108. The minimum Gasteiger partial charge on any atom is -0.464 e. The van der Waals surface area contributed by atoms with Crippen LogP contribution < -0.4 is 5.73 Å². The minimum atomic E-state index is -0.812. The fourth-order valence-electron chi connectivity index (χ4n) is 1.67. The second-order valence-electron chi connectivity index (χ2n) is 4.00. The highest BCUT2D eigenvalue weighted by Crippen LogP contribution is 2.34. The van der Waals surface area contributed by atoms with Crippen LogP contribution in [0, 0.1) is 5.82 Å². The number of nitrogens with two attached hydrogens (primary N) is 1. The predicted octanol–water partition coefficient (Wildman–Crippen LogP) is 2.08. The number of hydrogen-bond donors (Lipinski definition) is 1. The van der Waals surface area contributed by atoms with Crippen molar-refractivity contribution < 1.29 is 18.8 Å². The molecule has 0 bridgehead atoms. The summed E-state index contributed by atoms with van der Waals surface area (Å²) in [6.45, 7) is 1.73. The van der Waals surface area contributed by atoms with Crippen LogP contribution in [0.25, 0.3) is 0 Å². The first-order chi connectivity index (χ1) is 8.95. The Morgan fingerprint density at radius 3 is 2.84 bits per heavy atom. The van der Waals surface area contributed by atoms with Crippen LogP contribution in [0.2, 0.25) is 5.02 Å². The van der Waals surface area contributed by atoms with Crippen LogP contribution in [0.15, 0.2) is 5.16 Å². The molecule has 0 saturated carbocycles. The van der Waals surface area contributed by atoms with Crippen molar-refractivity contribution in [3.63, 3.8) is 0 Å². The molecule has 102 valence electrons. The number of methoxy groups -OCH3 is 1. The molecule has 6 nitrogen and oxygen atoms in total. The summed E-state index contributed by atoms with van der Waals surface area (Å²) in [4.78, 5) is 20.4. The van der Waals surface area contributed by atoms with Crippen molar-refractivity contribution in [3.05, 3.63) is 22.2 Å². The summed E-state index contributed by atoms with van der Waals surface area (Å²) in [5, 5.41) is 3.43. The number of anilines is 1. The molecule has 2 N–H and O–H groups in total. The van der Waals surface area contributed by atoms with Gasteiger partial charge in [0.2, 0.25) is 0 Å². The van der Waals surface area contributed by atoms with Crippen molar-refractivity contribution in [2.24, 2.45) is 5.16 Å². The molecule has 0 spiro atoms. The van der Waals surface area contributed by atoms with Crippen LogP contribution in [0.3, 0.4) is 0 Å². The number of hydrogen-bond acceptors (Lipinski definition) is 6. The summed E-state index contributed by atoms with van der Waals surface area (Å²) in [6, 6.07) is 0. The van der Waals surface area contributed by atoms with E-state index in [-0.39, 0.29) is 22.1 Å². The van der Waals surface area contributed by atoms with Gasteiger partial charge in [-0.3, -0.25) is 0 Å². The van der Waals surface area contributed by atoms with Crippen LogP contribution in [-0.2, 0) is 9.57 Å². The van der Waals surface area contributed by atoms with Crippen molar-refractivity contribution in [2.75, 3.05) is 12.8 Å². The Morgan fingerprint density at radius 1 is 1.63 bits per heavy atom. The summed E-state index contributed by atoms with van der Waals surface area (Å²) in [5.74, 6) is -1.61. The van der Waals surface area contributed by atoms with Crippen LogP contribution in [-0.4, -0.2) is 23.8 Å². The Morgan fingerprint density at radius 2 is 2.32 bits per heavy atom. The summed E-state index contributed by atoms with van der Waals surface area (Å²) in [5.41, 5.74) is 5.51. The third kappa shape index (κ3) is 2.33. The summed E-state index contributed by atoms with van der Waals surface area (Å²) in [7, 11) is 1.17. The average Bonchev–Trinajstić information content (AvgIpc) is 2.82. The van der Waals surface area contributed by atoms with Crippen molar-refractivity contribution in [3.8, 4) is 0 Å². The summed E-state index contributed by atoms with van der Waals surface area (Å²) < 4.78 is 18.6. The van der Waals surface area contributed by atoms with Gasteiger partial charge in [-0.1, -0.05) is 16.8 Å². The molecular weight excluding hydrogens is 277 g/mol. The lowest BCUT2D eigenvalue weighted by atomic mass is 10.1. The maximum atomic E-state index is 14.0. The van der Waals surface area contributed by atoms with E-state index in [4.69, 9.17) is 22.2 Å². The van der Waals surface area contributed by atoms with Gasteiger partial charge in [-0.25, -0.2) is 14.2 Å². The standard InChI is InChI=1S/C11H11ClFN3O3/c1-4-3-5(19-16-4)9-7(13)8(14)6(12)10(15-9)11(17)18-2/h5H,3H2,1-2H3,(H2,14,15). The van der Waals surface area contributed by atoms with E-state index in [9.17, 15) is 9.18 Å². The van der Waals surface area contributed by atoms with Gasteiger partial charge in [-0.2, -0.15) is 0 Å². The molecule has 0 saturated heterocycles. The lowest BCUT2D eigenvalue weighted by Gasteiger charge is -2.13. The smallest absolute Gasteiger partial charge is 0.358 e. The molecule has 19 heavy (non-hydrogen) atoms. The van der Waals surface area contributed by atoms with Gasteiger partial charge < -0.3 is 15.3 Å². The SMILES string of the molecule is COC(=O)c1nc(C2CC(C)=NO2)c(F)c(N)c1Cl. The van der Waals surface area contributed by atoms with Crippen LogP contribution >= 0.6 is 11.6 Å². The molecule has 2 heterocycles. The number of ether oxygens (including phenoxy) is 1. The number of pyridine rings is 1. The molecule has 8 heteroatoms. The Hall–Kier alpha value is -1.89. The molecule has 1 aromatic heterocycles. The molecule has 0 radical (unpaired) electrons. The molecule has 1 unspecified atom stereocenters. The topological polar surface area (TPSA) is 86.8 Å². The number of oxime groups is 1. The molecule has 1 aromatic rings. The fraction of sp³-hybridized carbons (Fsp3) is 0.364. The van der Waals surface area contributed by atoms with E-state index in [0.29, 0.717) is 12.1 Å². The Labute approximate surface area is 113 Å². The number of halogens is 2. The number of nitrogens with zero attached hydrogens (tertiary/aromatic N) is 2. The van der Waals surface area contributed by atoms with E-state index in [1.165, 1.54) is 7.11 Å². The number of aromatic nitrogens is 1. The quantitative estimate of drug-likeness (QED) is 0.842. The highest BCUT2D eigenvalue weighted by molar-refractivity contribution is 6.35. The van der Waals surface area contributed by atoms with E-state index >= 15 is 0 Å². The molecule has 1 atom stereocenters. The lowest BCUT2D eigenvalue weighted by Crippen LogP contribution is -2.14. The first kappa shape index (κ1) is 13.5. The van der Waals surface area contributed by atoms with Gasteiger partial charge in [0.05, 0.1) is 23.5 Å². The number of esters is 1. The number of nitrogen functional groups attached to an aromatic ring is 1. The maximum absolute atomic E-state index is 14.0. The van der Waals surface area contributed by atoms with Crippen LogP contribution in [0.4, 0.5) is 10.1 Å². The Kier molecular flexibility index (Phi) is 3.57. The second kappa shape index (κ2) is 5.00. The summed E-state index contributed by atoms with van der Waals surface area (Å²) >= 11 is 5.78. The van der Waals surface area contributed by atoms with E-state index in [1.807, 2.05) is 0 Å². The van der Waals surface area contributed by atoms with Gasteiger partial charge in [-0.05, 0) is 6.92 Å². The zero-order valence-corrected chi connectivity index (χ0v) is 11.0. The van der Waals surface area contributed by atoms with Crippen molar-refractivity contribution in [1.82, 2.24) is 4.98 Å². The highest BCUT2D eigenvalue weighted by Gasteiger charge is 2.30. The predicted molar refractivity (Wildman–Crippen MR) is 66.5 cm³/mol. The Bertz CT molecular complexity index is 577. The average molecular weight is 288 g/mol. The fourth-order valence-corrected chi connectivity index (χ4v) is 1.87. The second-order valence-corrected chi connectivity index (χ2v) is 4.38. The van der Waals surface area contributed by atoms with Crippen molar-refractivity contribution >= 4 is 29.0 Å². The molecule has 0 fully saturated rings.